The molecule has 2 N–H and O–H groups in total. The number of rotatable bonds is 7. The normalized spacial score (nSPS) is 11.2. The Morgan fingerprint density at radius 1 is 1.21 bits per heavy atom. The first-order chi connectivity index (χ1) is 11.2. The van der Waals surface area contributed by atoms with Gasteiger partial charge in [0.05, 0.1) is 12.2 Å². The summed E-state index contributed by atoms with van der Waals surface area (Å²) in [6.07, 6.45) is 0.986. The van der Waals surface area contributed by atoms with E-state index < -0.39 is 0 Å². The molecule has 4 nitrogen and oxygen atoms in total. The summed E-state index contributed by atoms with van der Waals surface area (Å²) < 4.78 is 0. The van der Waals surface area contributed by atoms with E-state index in [9.17, 15) is 0 Å². The maximum Gasteiger partial charge on any atom is 0.191 e. The highest BCUT2D eigenvalue weighted by Gasteiger charge is 2.05. The van der Waals surface area contributed by atoms with Crippen molar-refractivity contribution in [1.82, 2.24) is 15.6 Å². The first-order valence-corrected chi connectivity index (χ1v) is 9.07. The van der Waals surface area contributed by atoms with E-state index >= 15 is 0 Å². The van der Waals surface area contributed by atoms with Gasteiger partial charge in [-0.3, -0.25) is 0 Å². The van der Waals surface area contributed by atoms with Crippen LogP contribution >= 0.6 is 35.3 Å². The smallest absolute Gasteiger partial charge is 0.191 e. The van der Waals surface area contributed by atoms with Gasteiger partial charge in [0.15, 0.2) is 5.96 Å². The van der Waals surface area contributed by atoms with Crippen molar-refractivity contribution in [3.05, 3.63) is 52.0 Å². The van der Waals surface area contributed by atoms with Crippen LogP contribution in [-0.2, 0) is 13.0 Å². The van der Waals surface area contributed by atoms with E-state index in [1.165, 1.54) is 5.56 Å². The van der Waals surface area contributed by atoms with Crippen molar-refractivity contribution in [3.63, 3.8) is 0 Å². The minimum absolute atomic E-state index is 0. The molecule has 24 heavy (non-hydrogen) atoms. The molecule has 0 unspecified atom stereocenters. The lowest BCUT2D eigenvalue weighted by atomic mass is 10.1. The Labute approximate surface area is 166 Å². The summed E-state index contributed by atoms with van der Waals surface area (Å²) in [5.74, 6) is 1.32. The molecule has 2 rings (SSSR count). The summed E-state index contributed by atoms with van der Waals surface area (Å²) in [6.45, 7) is 8.75. The Kier molecular flexibility index (Phi) is 9.94. The van der Waals surface area contributed by atoms with E-state index in [0.29, 0.717) is 12.5 Å². The molecule has 2 aromatic rings. The standard InChI is InChI=1S/C18H26N4S.HI/c1-4-19-18(20-11-10-15-8-6-5-7-9-15)21-12-17-22-16(13-23-17)14(2)3;/h5-9,13-14H,4,10-12H2,1-3H3,(H2,19,20,21);1H. The van der Waals surface area contributed by atoms with Crippen LogP contribution in [0.25, 0.3) is 0 Å². The monoisotopic (exact) mass is 458 g/mol. The quantitative estimate of drug-likeness (QED) is 0.372. The summed E-state index contributed by atoms with van der Waals surface area (Å²) in [7, 11) is 0. The summed E-state index contributed by atoms with van der Waals surface area (Å²) in [6, 6.07) is 10.5. The van der Waals surface area contributed by atoms with Crippen molar-refractivity contribution in [2.75, 3.05) is 13.1 Å². The highest BCUT2D eigenvalue weighted by Crippen LogP contribution is 2.18. The van der Waals surface area contributed by atoms with Gasteiger partial charge < -0.3 is 10.6 Å². The second kappa shape index (κ2) is 11.4. The van der Waals surface area contributed by atoms with Gasteiger partial charge in [0, 0.05) is 18.5 Å². The second-order valence-electron chi connectivity index (χ2n) is 5.68. The molecule has 1 heterocycles. The molecular weight excluding hydrogens is 431 g/mol. The molecular formula is C18H27IN4S. The minimum Gasteiger partial charge on any atom is -0.357 e. The Hall–Kier alpha value is -1.15. The summed E-state index contributed by atoms with van der Waals surface area (Å²) in [5.41, 5.74) is 2.49. The zero-order valence-corrected chi connectivity index (χ0v) is 17.7. The van der Waals surface area contributed by atoms with Gasteiger partial charge in [0.25, 0.3) is 0 Å². The molecule has 0 saturated carbocycles. The van der Waals surface area contributed by atoms with E-state index in [0.717, 1.165) is 36.2 Å². The highest BCUT2D eigenvalue weighted by atomic mass is 127. The van der Waals surface area contributed by atoms with E-state index in [1.54, 1.807) is 11.3 Å². The Balaban J connectivity index is 0.00000288. The SMILES string of the molecule is CCNC(=NCc1nc(C(C)C)cs1)NCCc1ccccc1.I. The number of hydrogen-bond donors (Lipinski definition) is 2. The maximum absolute atomic E-state index is 4.63. The van der Waals surface area contributed by atoms with Gasteiger partial charge >= 0.3 is 0 Å². The van der Waals surface area contributed by atoms with Gasteiger partial charge in [-0.05, 0) is 24.8 Å². The number of aromatic nitrogens is 1. The zero-order chi connectivity index (χ0) is 16.5. The molecule has 0 fully saturated rings. The fourth-order valence-corrected chi connectivity index (χ4v) is 3.00. The van der Waals surface area contributed by atoms with Crippen LogP contribution in [0.4, 0.5) is 0 Å². The predicted molar refractivity (Wildman–Crippen MR) is 115 cm³/mol. The number of benzene rings is 1. The van der Waals surface area contributed by atoms with E-state index in [-0.39, 0.29) is 24.0 Å². The highest BCUT2D eigenvalue weighted by molar-refractivity contribution is 14.0. The van der Waals surface area contributed by atoms with Crippen molar-refractivity contribution < 1.29 is 0 Å². The van der Waals surface area contributed by atoms with Crippen LogP contribution in [0, 0.1) is 0 Å². The van der Waals surface area contributed by atoms with Gasteiger partial charge in [-0.15, -0.1) is 35.3 Å². The van der Waals surface area contributed by atoms with Gasteiger partial charge in [-0.1, -0.05) is 44.2 Å². The van der Waals surface area contributed by atoms with E-state index in [1.807, 2.05) is 6.07 Å². The number of guanidine groups is 1. The van der Waals surface area contributed by atoms with Crippen LogP contribution in [-0.4, -0.2) is 24.0 Å². The molecule has 0 atom stereocenters. The minimum atomic E-state index is 0. The first kappa shape index (κ1) is 20.9. The molecule has 0 bridgehead atoms. The van der Waals surface area contributed by atoms with Crippen LogP contribution in [0.2, 0.25) is 0 Å². The Morgan fingerprint density at radius 3 is 2.58 bits per heavy atom. The van der Waals surface area contributed by atoms with Crippen molar-refractivity contribution in [1.29, 1.82) is 0 Å². The summed E-state index contributed by atoms with van der Waals surface area (Å²) >= 11 is 1.68. The van der Waals surface area contributed by atoms with E-state index in [2.05, 4.69) is 71.0 Å². The fourth-order valence-electron chi connectivity index (χ4n) is 2.12. The Bertz CT molecular complexity index is 610. The third-order valence-corrected chi connectivity index (χ3v) is 4.28. The summed E-state index contributed by atoms with van der Waals surface area (Å²) in [5, 5.41) is 9.86. The average molecular weight is 458 g/mol. The van der Waals surface area contributed by atoms with Gasteiger partial charge in [0.1, 0.15) is 5.01 Å². The van der Waals surface area contributed by atoms with Crippen molar-refractivity contribution in [2.45, 2.75) is 39.7 Å². The van der Waals surface area contributed by atoms with Crippen LogP contribution in [0.15, 0.2) is 40.7 Å². The van der Waals surface area contributed by atoms with Gasteiger partial charge in [0.2, 0.25) is 0 Å². The lowest BCUT2D eigenvalue weighted by Gasteiger charge is -2.11. The molecule has 0 amide bonds. The van der Waals surface area contributed by atoms with E-state index in [4.69, 9.17) is 0 Å². The van der Waals surface area contributed by atoms with Crippen LogP contribution in [0.3, 0.4) is 0 Å². The molecule has 6 heteroatoms. The zero-order valence-electron chi connectivity index (χ0n) is 14.6. The first-order valence-electron chi connectivity index (χ1n) is 8.19. The molecule has 0 saturated heterocycles. The van der Waals surface area contributed by atoms with Crippen LogP contribution in [0.5, 0.6) is 0 Å². The number of nitrogens with one attached hydrogen (secondary N) is 2. The fraction of sp³-hybridized carbons (Fsp3) is 0.444. The summed E-state index contributed by atoms with van der Waals surface area (Å²) in [4.78, 5) is 9.26. The molecule has 1 aromatic carbocycles. The molecule has 0 aliphatic heterocycles. The number of thiazole rings is 1. The third-order valence-electron chi connectivity index (χ3n) is 3.43. The van der Waals surface area contributed by atoms with Crippen molar-refractivity contribution in [2.24, 2.45) is 4.99 Å². The largest absolute Gasteiger partial charge is 0.357 e. The predicted octanol–water partition coefficient (Wildman–Crippen LogP) is 4.18. The molecule has 0 spiro atoms. The molecule has 0 radical (unpaired) electrons. The number of halogens is 1. The second-order valence-corrected chi connectivity index (χ2v) is 6.62. The lowest BCUT2D eigenvalue weighted by molar-refractivity contribution is 0.793. The third kappa shape index (κ3) is 7.17. The molecule has 132 valence electrons. The van der Waals surface area contributed by atoms with Gasteiger partial charge in [-0.25, -0.2) is 9.98 Å². The topological polar surface area (TPSA) is 49.3 Å². The lowest BCUT2D eigenvalue weighted by Crippen LogP contribution is -2.38. The average Bonchev–Trinajstić information content (AvgIpc) is 3.03. The van der Waals surface area contributed by atoms with Crippen molar-refractivity contribution in [3.8, 4) is 0 Å². The maximum atomic E-state index is 4.63. The molecule has 1 aromatic heterocycles. The number of nitrogens with zero attached hydrogens (tertiary/aromatic N) is 2. The van der Waals surface area contributed by atoms with Crippen LogP contribution in [0.1, 0.15) is 43.0 Å². The Morgan fingerprint density at radius 2 is 1.96 bits per heavy atom. The molecule has 0 aliphatic rings. The molecule has 0 aliphatic carbocycles. The van der Waals surface area contributed by atoms with Gasteiger partial charge in [-0.2, -0.15) is 0 Å². The number of aliphatic imine (C=N–C) groups is 1. The van der Waals surface area contributed by atoms with Crippen molar-refractivity contribution >= 4 is 41.3 Å². The number of hydrogen-bond acceptors (Lipinski definition) is 3. The van der Waals surface area contributed by atoms with Crippen LogP contribution < -0.4 is 10.6 Å².